The van der Waals surface area contributed by atoms with Crippen LogP contribution in [0.3, 0.4) is 0 Å². The van der Waals surface area contributed by atoms with Crippen LogP contribution in [0.25, 0.3) is 5.69 Å². The molecule has 0 unspecified atom stereocenters. The summed E-state index contributed by atoms with van der Waals surface area (Å²) >= 11 is 12.5. The molecule has 3 aromatic rings. The number of aromatic nitrogens is 2. The number of piperazine rings is 1. The van der Waals surface area contributed by atoms with Crippen LogP contribution in [0.1, 0.15) is 22.0 Å². The van der Waals surface area contributed by atoms with Crippen LogP contribution in [-0.4, -0.2) is 84.1 Å². The third-order valence-electron chi connectivity index (χ3n) is 6.89. The van der Waals surface area contributed by atoms with E-state index in [0.29, 0.717) is 58.5 Å². The highest BCUT2D eigenvalue weighted by molar-refractivity contribution is 6.43. The van der Waals surface area contributed by atoms with Gasteiger partial charge in [-0.3, -0.25) is 9.69 Å². The quantitative estimate of drug-likeness (QED) is 0.457. The Balaban J connectivity index is 1.15. The number of ether oxygens (including phenoxy) is 2. The van der Waals surface area contributed by atoms with Crippen molar-refractivity contribution in [2.24, 2.45) is 0 Å². The van der Waals surface area contributed by atoms with E-state index in [0.717, 1.165) is 37.6 Å². The Hall–Kier alpha value is -2.98. The lowest BCUT2D eigenvalue weighted by atomic mass is 10.2. The lowest BCUT2D eigenvalue weighted by Crippen LogP contribution is -2.50. The monoisotopic (exact) mass is 559 g/mol. The van der Waals surface area contributed by atoms with Gasteiger partial charge < -0.3 is 29.4 Å². The minimum absolute atomic E-state index is 0.133. The Morgan fingerprint density at radius 1 is 1.08 bits per heavy atom. The maximum Gasteiger partial charge on any atom is 0.271 e. The standard InChI is InChI=1S/C27H31Cl2N5O4/c1-17-26(31-18(2)34(17)19-6-7-23-24(14-19)38-13-12-37-23)27(36)30-15-20(35)16-32-8-10-33(11-9-32)22-5-3-4-21(28)25(22)29/h3-7,14,20,35H,8-13,15-16H2,1-2H3,(H,30,36)/t20-/m1/s1. The van der Waals surface area contributed by atoms with E-state index in [-0.39, 0.29) is 12.5 Å². The molecule has 2 N–H and O–H groups in total. The van der Waals surface area contributed by atoms with Crippen molar-refractivity contribution in [1.82, 2.24) is 19.8 Å². The zero-order valence-electron chi connectivity index (χ0n) is 21.4. The first-order valence-electron chi connectivity index (χ1n) is 12.7. The number of aliphatic hydroxyl groups is 1. The van der Waals surface area contributed by atoms with E-state index in [2.05, 4.69) is 20.1 Å². The third kappa shape index (κ3) is 5.56. The van der Waals surface area contributed by atoms with Gasteiger partial charge in [0, 0.05) is 45.3 Å². The van der Waals surface area contributed by atoms with Gasteiger partial charge in [0.25, 0.3) is 5.91 Å². The first kappa shape index (κ1) is 26.6. The van der Waals surface area contributed by atoms with Crippen molar-refractivity contribution < 1.29 is 19.4 Å². The summed E-state index contributed by atoms with van der Waals surface area (Å²) in [6, 6.07) is 11.3. The molecule has 9 nitrogen and oxygen atoms in total. The van der Waals surface area contributed by atoms with Crippen LogP contribution in [0.15, 0.2) is 36.4 Å². The predicted octanol–water partition coefficient (Wildman–Crippen LogP) is 3.48. The number of nitrogens with zero attached hydrogens (tertiary/aromatic N) is 4. The van der Waals surface area contributed by atoms with E-state index in [1.807, 2.05) is 48.7 Å². The SMILES string of the molecule is Cc1nc(C(=O)NC[C@@H](O)CN2CCN(c3cccc(Cl)c3Cl)CC2)c(C)n1-c1ccc2c(c1)OCCO2. The van der Waals surface area contributed by atoms with Gasteiger partial charge in [-0.15, -0.1) is 0 Å². The van der Waals surface area contributed by atoms with Crippen molar-refractivity contribution in [1.29, 1.82) is 0 Å². The van der Waals surface area contributed by atoms with E-state index in [4.69, 9.17) is 32.7 Å². The number of benzene rings is 2. The van der Waals surface area contributed by atoms with Crippen LogP contribution in [0.5, 0.6) is 11.5 Å². The molecule has 202 valence electrons. The number of hydrogen-bond acceptors (Lipinski definition) is 7. The van der Waals surface area contributed by atoms with Gasteiger partial charge in [0.05, 0.1) is 33.2 Å². The molecule has 0 spiro atoms. The maximum atomic E-state index is 13.0. The molecule has 1 amide bonds. The van der Waals surface area contributed by atoms with Gasteiger partial charge in [-0.05, 0) is 38.1 Å². The number of imidazole rings is 1. The van der Waals surface area contributed by atoms with Gasteiger partial charge in [-0.25, -0.2) is 4.98 Å². The normalized spacial score (nSPS) is 16.4. The Kier molecular flexibility index (Phi) is 7.99. The average molecular weight is 560 g/mol. The molecular formula is C27H31Cl2N5O4. The summed E-state index contributed by atoms with van der Waals surface area (Å²) in [6.07, 6.45) is -0.707. The number of aliphatic hydroxyl groups excluding tert-OH is 1. The Morgan fingerprint density at radius 2 is 1.82 bits per heavy atom. The largest absolute Gasteiger partial charge is 0.486 e. The van der Waals surface area contributed by atoms with Gasteiger partial charge in [0.15, 0.2) is 11.5 Å². The van der Waals surface area contributed by atoms with Crippen LogP contribution in [0, 0.1) is 13.8 Å². The van der Waals surface area contributed by atoms with Gasteiger partial charge >= 0.3 is 0 Å². The van der Waals surface area contributed by atoms with Crippen LogP contribution < -0.4 is 19.7 Å². The smallest absolute Gasteiger partial charge is 0.271 e. The summed E-state index contributed by atoms with van der Waals surface area (Å²) in [5.41, 5.74) is 2.81. The van der Waals surface area contributed by atoms with Gasteiger partial charge in [0.1, 0.15) is 24.7 Å². The number of β-amino-alcohol motifs (C(OH)–C–C–N with tert-alkyl or cyclic N) is 1. The van der Waals surface area contributed by atoms with E-state index >= 15 is 0 Å². The highest BCUT2D eigenvalue weighted by atomic mass is 35.5. The molecule has 1 fully saturated rings. The van der Waals surface area contributed by atoms with Crippen LogP contribution in [0.4, 0.5) is 5.69 Å². The summed E-state index contributed by atoms with van der Waals surface area (Å²) in [5.74, 6) is 1.74. The van der Waals surface area contributed by atoms with E-state index in [1.54, 1.807) is 6.07 Å². The van der Waals surface area contributed by atoms with Crippen LogP contribution >= 0.6 is 23.2 Å². The average Bonchev–Trinajstić information content (AvgIpc) is 3.22. The van der Waals surface area contributed by atoms with Crippen molar-refractivity contribution >= 4 is 34.8 Å². The fourth-order valence-electron chi connectivity index (χ4n) is 4.97. The molecule has 0 aliphatic carbocycles. The van der Waals surface area contributed by atoms with Crippen LogP contribution in [0.2, 0.25) is 10.0 Å². The number of amides is 1. The number of carbonyl (C=O) groups is 1. The van der Waals surface area contributed by atoms with E-state index in [1.165, 1.54) is 0 Å². The van der Waals surface area contributed by atoms with Gasteiger partial charge in [0.2, 0.25) is 0 Å². The molecule has 0 radical (unpaired) electrons. The minimum Gasteiger partial charge on any atom is -0.486 e. The second kappa shape index (κ2) is 11.4. The summed E-state index contributed by atoms with van der Waals surface area (Å²) in [6.45, 7) is 8.41. The first-order chi connectivity index (χ1) is 18.3. The summed E-state index contributed by atoms with van der Waals surface area (Å²) in [5, 5.41) is 14.6. The number of anilines is 1. The number of hydrogen-bond donors (Lipinski definition) is 2. The number of nitrogens with one attached hydrogen (secondary N) is 1. The van der Waals surface area contributed by atoms with E-state index in [9.17, 15) is 9.90 Å². The second-order valence-electron chi connectivity index (χ2n) is 9.48. The number of carbonyl (C=O) groups excluding carboxylic acids is 1. The minimum atomic E-state index is -0.707. The molecule has 1 aromatic heterocycles. The molecule has 2 aromatic carbocycles. The molecule has 2 aliphatic heterocycles. The van der Waals surface area contributed by atoms with Crippen molar-refractivity contribution in [3.8, 4) is 17.2 Å². The third-order valence-corrected chi connectivity index (χ3v) is 7.69. The van der Waals surface area contributed by atoms with Crippen molar-refractivity contribution in [2.45, 2.75) is 20.0 Å². The second-order valence-corrected chi connectivity index (χ2v) is 10.3. The molecule has 11 heteroatoms. The van der Waals surface area contributed by atoms with Gasteiger partial charge in [-0.2, -0.15) is 0 Å². The number of rotatable bonds is 7. The van der Waals surface area contributed by atoms with E-state index < -0.39 is 6.10 Å². The molecule has 1 saturated heterocycles. The van der Waals surface area contributed by atoms with Crippen molar-refractivity contribution in [3.05, 3.63) is 63.7 Å². The zero-order valence-corrected chi connectivity index (χ0v) is 22.9. The number of fused-ring (bicyclic) bond motifs is 1. The molecular weight excluding hydrogens is 529 g/mol. The maximum absolute atomic E-state index is 13.0. The predicted molar refractivity (Wildman–Crippen MR) is 147 cm³/mol. The summed E-state index contributed by atoms with van der Waals surface area (Å²) in [7, 11) is 0. The molecule has 3 heterocycles. The molecule has 1 atom stereocenters. The lowest BCUT2D eigenvalue weighted by Gasteiger charge is -2.37. The Labute approximate surface area is 231 Å². The number of aryl methyl sites for hydroxylation is 1. The summed E-state index contributed by atoms with van der Waals surface area (Å²) < 4.78 is 13.2. The topological polar surface area (TPSA) is 92.1 Å². The molecule has 0 bridgehead atoms. The Morgan fingerprint density at radius 3 is 2.58 bits per heavy atom. The van der Waals surface area contributed by atoms with Crippen LogP contribution in [-0.2, 0) is 0 Å². The highest BCUT2D eigenvalue weighted by Crippen LogP contribution is 2.34. The number of halogens is 2. The highest BCUT2D eigenvalue weighted by Gasteiger charge is 2.24. The fourth-order valence-corrected chi connectivity index (χ4v) is 5.39. The molecule has 38 heavy (non-hydrogen) atoms. The lowest BCUT2D eigenvalue weighted by molar-refractivity contribution is 0.0847. The van der Waals surface area contributed by atoms with Crippen molar-refractivity contribution in [3.63, 3.8) is 0 Å². The molecule has 5 rings (SSSR count). The fraction of sp³-hybridized carbons (Fsp3) is 0.407. The first-order valence-corrected chi connectivity index (χ1v) is 13.4. The van der Waals surface area contributed by atoms with Crippen molar-refractivity contribution in [2.75, 3.05) is 57.4 Å². The Bertz CT molecular complexity index is 1320. The zero-order chi connectivity index (χ0) is 26.8. The van der Waals surface area contributed by atoms with Gasteiger partial charge in [-0.1, -0.05) is 29.3 Å². The molecule has 0 saturated carbocycles. The summed E-state index contributed by atoms with van der Waals surface area (Å²) in [4.78, 5) is 21.8. The molecule has 2 aliphatic rings.